The molecule has 0 aliphatic carbocycles. The zero-order chi connectivity index (χ0) is 13.1. The molecule has 4 nitrogen and oxygen atoms in total. The van der Waals surface area contributed by atoms with E-state index in [1.807, 2.05) is 32.0 Å². The predicted octanol–water partition coefficient (Wildman–Crippen LogP) is 2.66. The highest BCUT2D eigenvalue weighted by Crippen LogP contribution is 2.22. The largest absolute Gasteiger partial charge is 0.505 e. The standard InChI is InChI=1S/C14H14N2O2/c1-9-4-3-5-10(2)13(9)16-14(18)11-6-7-15-8-12(11)17/h3-8,17H,1-2H3,(H,16,18). The number of benzene rings is 1. The lowest BCUT2D eigenvalue weighted by atomic mass is 10.1. The van der Waals surface area contributed by atoms with Crippen molar-refractivity contribution in [2.24, 2.45) is 0 Å². The van der Waals surface area contributed by atoms with Crippen LogP contribution < -0.4 is 5.32 Å². The first-order chi connectivity index (χ1) is 8.59. The highest BCUT2D eigenvalue weighted by molar-refractivity contribution is 6.06. The Bertz CT molecular complexity index is 574. The Morgan fingerprint density at radius 3 is 2.50 bits per heavy atom. The summed E-state index contributed by atoms with van der Waals surface area (Å²) < 4.78 is 0. The first-order valence-electron chi connectivity index (χ1n) is 5.60. The van der Waals surface area contributed by atoms with Crippen molar-refractivity contribution in [2.75, 3.05) is 5.32 Å². The molecule has 0 aliphatic rings. The lowest BCUT2D eigenvalue weighted by Gasteiger charge is -2.11. The third-order valence-electron chi connectivity index (χ3n) is 2.76. The summed E-state index contributed by atoms with van der Waals surface area (Å²) in [6, 6.07) is 7.27. The molecule has 4 heteroatoms. The van der Waals surface area contributed by atoms with Crippen LogP contribution in [0.3, 0.4) is 0 Å². The first kappa shape index (κ1) is 12.1. The average molecular weight is 242 g/mol. The number of rotatable bonds is 2. The number of aromatic nitrogens is 1. The second-order valence-electron chi connectivity index (χ2n) is 4.11. The van der Waals surface area contributed by atoms with E-state index in [0.717, 1.165) is 16.8 Å². The lowest BCUT2D eigenvalue weighted by molar-refractivity contribution is 0.102. The molecule has 0 unspecified atom stereocenters. The van der Waals surface area contributed by atoms with E-state index in [4.69, 9.17) is 0 Å². The number of carbonyl (C=O) groups is 1. The minimum Gasteiger partial charge on any atom is -0.505 e. The number of hydrogen-bond donors (Lipinski definition) is 2. The fourth-order valence-corrected chi connectivity index (χ4v) is 1.77. The normalized spacial score (nSPS) is 10.1. The summed E-state index contributed by atoms with van der Waals surface area (Å²) in [5.41, 5.74) is 2.96. The van der Waals surface area contributed by atoms with Gasteiger partial charge in [-0.25, -0.2) is 0 Å². The van der Waals surface area contributed by atoms with E-state index >= 15 is 0 Å². The smallest absolute Gasteiger partial charge is 0.259 e. The van der Waals surface area contributed by atoms with E-state index in [2.05, 4.69) is 10.3 Å². The molecule has 1 heterocycles. The van der Waals surface area contributed by atoms with Gasteiger partial charge in [0.1, 0.15) is 5.75 Å². The number of pyridine rings is 1. The van der Waals surface area contributed by atoms with Crippen LogP contribution in [0.25, 0.3) is 0 Å². The molecule has 0 bridgehead atoms. The van der Waals surface area contributed by atoms with Gasteiger partial charge >= 0.3 is 0 Å². The maximum atomic E-state index is 12.0. The van der Waals surface area contributed by atoms with E-state index in [1.165, 1.54) is 18.5 Å². The van der Waals surface area contributed by atoms with E-state index in [1.54, 1.807) is 0 Å². The lowest BCUT2D eigenvalue weighted by Crippen LogP contribution is -2.14. The van der Waals surface area contributed by atoms with Gasteiger partial charge in [-0.05, 0) is 31.0 Å². The molecule has 0 aliphatic heterocycles. The summed E-state index contributed by atoms with van der Waals surface area (Å²) in [6.07, 6.45) is 2.72. The number of aryl methyl sites for hydroxylation is 2. The summed E-state index contributed by atoms with van der Waals surface area (Å²) in [4.78, 5) is 15.8. The fraction of sp³-hybridized carbons (Fsp3) is 0.143. The molecule has 0 atom stereocenters. The number of nitrogens with zero attached hydrogens (tertiary/aromatic N) is 1. The summed E-state index contributed by atoms with van der Waals surface area (Å²) >= 11 is 0. The van der Waals surface area contributed by atoms with Crippen molar-refractivity contribution in [1.82, 2.24) is 4.98 Å². The Kier molecular flexibility index (Phi) is 3.28. The summed E-state index contributed by atoms with van der Waals surface area (Å²) in [5.74, 6) is -0.464. The van der Waals surface area contributed by atoms with Crippen LogP contribution in [0.2, 0.25) is 0 Å². The Hall–Kier alpha value is -2.36. The molecule has 0 saturated carbocycles. The Balaban J connectivity index is 2.30. The van der Waals surface area contributed by atoms with Crippen LogP contribution in [0, 0.1) is 13.8 Å². The van der Waals surface area contributed by atoms with E-state index in [-0.39, 0.29) is 17.2 Å². The van der Waals surface area contributed by atoms with Gasteiger partial charge in [-0.15, -0.1) is 0 Å². The topological polar surface area (TPSA) is 62.2 Å². The van der Waals surface area contributed by atoms with Crippen LogP contribution >= 0.6 is 0 Å². The predicted molar refractivity (Wildman–Crippen MR) is 69.8 cm³/mol. The number of anilines is 1. The van der Waals surface area contributed by atoms with Gasteiger partial charge in [-0.2, -0.15) is 0 Å². The van der Waals surface area contributed by atoms with Crippen LogP contribution in [-0.2, 0) is 0 Å². The molecular weight excluding hydrogens is 228 g/mol. The van der Waals surface area contributed by atoms with Crippen LogP contribution in [0.4, 0.5) is 5.69 Å². The minimum absolute atomic E-state index is 0.124. The Morgan fingerprint density at radius 2 is 1.89 bits per heavy atom. The van der Waals surface area contributed by atoms with Crippen molar-refractivity contribution in [3.63, 3.8) is 0 Å². The molecule has 0 fully saturated rings. The van der Waals surface area contributed by atoms with Crippen molar-refractivity contribution in [3.05, 3.63) is 53.3 Å². The Labute approximate surface area is 105 Å². The molecule has 1 amide bonds. The highest BCUT2D eigenvalue weighted by Gasteiger charge is 2.12. The van der Waals surface area contributed by atoms with Crippen molar-refractivity contribution < 1.29 is 9.90 Å². The van der Waals surface area contributed by atoms with Gasteiger partial charge in [0.15, 0.2) is 0 Å². The first-order valence-corrected chi connectivity index (χ1v) is 5.60. The molecule has 1 aromatic carbocycles. The van der Waals surface area contributed by atoms with Gasteiger partial charge in [0.05, 0.1) is 11.8 Å². The van der Waals surface area contributed by atoms with Gasteiger partial charge in [-0.1, -0.05) is 18.2 Å². The van der Waals surface area contributed by atoms with Crippen molar-refractivity contribution in [3.8, 4) is 5.75 Å². The maximum absolute atomic E-state index is 12.0. The average Bonchev–Trinajstić information content (AvgIpc) is 2.34. The number of carbonyl (C=O) groups excluding carboxylic acids is 1. The molecule has 0 radical (unpaired) electrons. The quantitative estimate of drug-likeness (QED) is 0.851. The number of aromatic hydroxyl groups is 1. The minimum atomic E-state index is -0.340. The van der Waals surface area contributed by atoms with E-state index in [9.17, 15) is 9.90 Å². The monoisotopic (exact) mass is 242 g/mol. The van der Waals surface area contributed by atoms with Crippen molar-refractivity contribution >= 4 is 11.6 Å². The third-order valence-corrected chi connectivity index (χ3v) is 2.76. The van der Waals surface area contributed by atoms with Gasteiger partial charge in [0, 0.05) is 11.9 Å². The fourth-order valence-electron chi connectivity index (χ4n) is 1.77. The van der Waals surface area contributed by atoms with Crippen molar-refractivity contribution in [1.29, 1.82) is 0 Å². The van der Waals surface area contributed by atoms with Crippen LogP contribution in [0.1, 0.15) is 21.5 Å². The SMILES string of the molecule is Cc1cccc(C)c1NC(=O)c1ccncc1O. The molecule has 1 aromatic heterocycles. The van der Waals surface area contributed by atoms with Crippen LogP contribution in [0.5, 0.6) is 5.75 Å². The summed E-state index contributed by atoms with van der Waals surface area (Å²) in [6.45, 7) is 3.85. The number of para-hydroxylation sites is 1. The number of amides is 1. The highest BCUT2D eigenvalue weighted by atomic mass is 16.3. The number of hydrogen-bond acceptors (Lipinski definition) is 3. The zero-order valence-electron chi connectivity index (χ0n) is 10.3. The molecule has 0 spiro atoms. The molecule has 18 heavy (non-hydrogen) atoms. The summed E-state index contributed by atoms with van der Waals surface area (Å²) in [5, 5.41) is 12.4. The van der Waals surface area contributed by atoms with E-state index in [0.29, 0.717) is 0 Å². The number of nitrogens with one attached hydrogen (secondary N) is 1. The van der Waals surface area contributed by atoms with Gasteiger partial charge in [0.25, 0.3) is 5.91 Å². The summed E-state index contributed by atoms with van der Waals surface area (Å²) in [7, 11) is 0. The van der Waals surface area contributed by atoms with Crippen LogP contribution in [-0.4, -0.2) is 16.0 Å². The van der Waals surface area contributed by atoms with Crippen molar-refractivity contribution in [2.45, 2.75) is 13.8 Å². The second-order valence-corrected chi connectivity index (χ2v) is 4.11. The van der Waals surface area contributed by atoms with Gasteiger partial charge < -0.3 is 10.4 Å². The molecule has 2 aromatic rings. The van der Waals surface area contributed by atoms with E-state index < -0.39 is 0 Å². The zero-order valence-corrected chi connectivity index (χ0v) is 10.3. The molecule has 2 N–H and O–H groups in total. The third kappa shape index (κ3) is 2.32. The van der Waals surface area contributed by atoms with Crippen LogP contribution in [0.15, 0.2) is 36.7 Å². The molecule has 2 rings (SSSR count). The van der Waals surface area contributed by atoms with Gasteiger partial charge in [-0.3, -0.25) is 9.78 Å². The second kappa shape index (κ2) is 4.87. The molecular formula is C14H14N2O2. The maximum Gasteiger partial charge on any atom is 0.259 e. The Morgan fingerprint density at radius 1 is 1.22 bits per heavy atom. The molecule has 0 saturated heterocycles. The van der Waals surface area contributed by atoms with Gasteiger partial charge in [0.2, 0.25) is 0 Å². The molecule has 92 valence electrons.